The fourth-order valence-corrected chi connectivity index (χ4v) is 1.82. The number of nitrogens with zero attached hydrogens (tertiary/aromatic N) is 1. The molecule has 0 aliphatic heterocycles. The molecular formula is C9H15NS. The third-order valence-electron chi connectivity index (χ3n) is 1.85. The second-order valence-electron chi connectivity index (χ2n) is 2.54. The van der Waals surface area contributed by atoms with Crippen LogP contribution in [0.2, 0.25) is 0 Å². The van der Waals surface area contributed by atoms with Gasteiger partial charge in [0.1, 0.15) is 0 Å². The van der Waals surface area contributed by atoms with Crippen molar-refractivity contribution in [3.63, 3.8) is 0 Å². The predicted molar refractivity (Wildman–Crippen MR) is 50.9 cm³/mol. The summed E-state index contributed by atoms with van der Waals surface area (Å²) in [5, 5.41) is 2.14. The van der Waals surface area contributed by atoms with Crippen LogP contribution in [0.3, 0.4) is 0 Å². The van der Waals surface area contributed by atoms with Crippen molar-refractivity contribution in [2.75, 3.05) is 13.1 Å². The van der Waals surface area contributed by atoms with Gasteiger partial charge in [0.2, 0.25) is 0 Å². The van der Waals surface area contributed by atoms with Gasteiger partial charge in [0.05, 0.1) is 0 Å². The van der Waals surface area contributed by atoms with Crippen LogP contribution in [-0.2, 0) is 6.54 Å². The Hall–Kier alpha value is -0.340. The van der Waals surface area contributed by atoms with Crippen LogP contribution in [0.5, 0.6) is 0 Å². The van der Waals surface area contributed by atoms with Gasteiger partial charge in [-0.25, -0.2) is 0 Å². The Labute approximate surface area is 72.7 Å². The molecule has 0 fully saturated rings. The van der Waals surface area contributed by atoms with E-state index < -0.39 is 0 Å². The predicted octanol–water partition coefficient (Wildman–Crippen LogP) is 2.59. The molecule has 0 aliphatic carbocycles. The van der Waals surface area contributed by atoms with Crippen molar-refractivity contribution in [3.8, 4) is 0 Å². The number of hydrogen-bond acceptors (Lipinski definition) is 2. The maximum atomic E-state index is 2.42. The molecule has 0 aliphatic rings. The van der Waals surface area contributed by atoms with Gasteiger partial charge in [0.15, 0.2) is 0 Å². The van der Waals surface area contributed by atoms with Crippen LogP contribution in [0, 0.1) is 0 Å². The SMILES string of the molecule is CCN(CC)Cc1cccs1. The smallest absolute Gasteiger partial charge is 0.0327 e. The molecule has 11 heavy (non-hydrogen) atoms. The first-order valence-corrected chi connectivity index (χ1v) is 4.99. The Morgan fingerprint density at radius 2 is 2.09 bits per heavy atom. The molecule has 0 aromatic carbocycles. The first kappa shape index (κ1) is 8.75. The third-order valence-corrected chi connectivity index (χ3v) is 2.72. The topological polar surface area (TPSA) is 3.24 Å². The molecule has 0 N–H and O–H groups in total. The average Bonchev–Trinajstić information content (AvgIpc) is 2.52. The van der Waals surface area contributed by atoms with E-state index in [0.717, 1.165) is 19.6 Å². The monoisotopic (exact) mass is 169 g/mol. The zero-order valence-electron chi connectivity index (χ0n) is 7.21. The zero-order valence-corrected chi connectivity index (χ0v) is 8.03. The maximum Gasteiger partial charge on any atom is 0.0327 e. The highest BCUT2D eigenvalue weighted by Gasteiger charge is 1.99. The second kappa shape index (κ2) is 4.52. The summed E-state index contributed by atoms with van der Waals surface area (Å²) in [5.41, 5.74) is 0. The molecule has 0 atom stereocenters. The van der Waals surface area contributed by atoms with E-state index in [0.29, 0.717) is 0 Å². The van der Waals surface area contributed by atoms with E-state index in [9.17, 15) is 0 Å². The Bertz CT molecular complexity index is 177. The molecule has 1 aromatic heterocycles. The van der Waals surface area contributed by atoms with Crippen LogP contribution in [0.25, 0.3) is 0 Å². The van der Waals surface area contributed by atoms with Crippen LogP contribution in [0.4, 0.5) is 0 Å². The molecule has 0 saturated carbocycles. The molecule has 1 heterocycles. The van der Waals surface area contributed by atoms with Crippen molar-refractivity contribution < 1.29 is 0 Å². The molecule has 0 bridgehead atoms. The van der Waals surface area contributed by atoms with Crippen LogP contribution in [0.15, 0.2) is 17.5 Å². The molecule has 0 unspecified atom stereocenters. The van der Waals surface area contributed by atoms with Crippen LogP contribution < -0.4 is 0 Å². The Kier molecular flexibility index (Phi) is 3.60. The summed E-state index contributed by atoms with van der Waals surface area (Å²) in [7, 11) is 0. The van der Waals surface area contributed by atoms with Crippen LogP contribution >= 0.6 is 11.3 Å². The van der Waals surface area contributed by atoms with Gasteiger partial charge in [-0.15, -0.1) is 11.3 Å². The van der Waals surface area contributed by atoms with Crippen LogP contribution in [-0.4, -0.2) is 18.0 Å². The molecule has 1 nitrogen and oxygen atoms in total. The molecule has 1 rings (SSSR count). The van der Waals surface area contributed by atoms with E-state index in [1.807, 2.05) is 11.3 Å². The fourth-order valence-electron chi connectivity index (χ4n) is 1.07. The number of thiophene rings is 1. The van der Waals surface area contributed by atoms with Crippen molar-refractivity contribution >= 4 is 11.3 Å². The highest BCUT2D eigenvalue weighted by atomic mass is 32.1. The van der Waals surface area contributed by atoms with E-state index in [1.165, 1.54) is 4.88 Å². The van der Waals surface area contributed by atoms with E-state index in [1.54, 1.807) is 0 Å². The van der Waals surface area contributed by atoms with Gasteiger partial charge in [-0.05, 0) is 24.5 Å². The average molecular weight is 169 g/mol. The van der Waals surface area contributed by atoms with Crippen molar-refractivity contribution in [3.05, 3.63) is 22.4 Å². The van der Waals surface area contributed by atoms with E-state index in [4.69, 9.17) is 0 Å². The standard InChI is InChI=1S/C9H15NS/c1-3-10(4-2)8-9-6-5-7-11-9/h5-7H,3-4,8H2,1-2H3. The molecule has 0 spiro atoms. The second-order valence-corrected chi connectivity index (χ2v) is 3.57. The van der Waals surface area contributed by atoms with Crippen molar-refractivity contribution in [1.82, 2.24) is 4.90 Å². The van der Waals surface area contributed by atoms with Gasteiger partial charge in [-0.3, -0.25) is 4.90 Å². The van der Waals surface area contributed by atoms with Gasteiger partial charge < -0.3 is 0 Å². The normalized spacial score (nSPS) is 10.8. The fraction of sp³-hybridized carbons (Fsp3) is 0.556. The molecule has 0 saturated heterocycles. The zero-order chi connectivity index (χ0) is 8.10. The summed E-state index contributed by atoms with van der Waals surface area (Å²) in [6, 6.07) is 4.31. The first-order chi connectivity index (χ1) is 5.36. The van der Waals surface area contributed by atoms with Crippen molar-refractivity contribution in [2.24, 2.45) is 0 Å². The quantitative estimate of drug-likeness (QED) is 0.669. The highest BCUT2D eigenvalue weighted by molar-refractivity contribution is 7.09. The third kappa shape index (κ3) is 2.64. The van der Waals surface area contributed by atoms with E-state index >= 15 is 0 Å². The van der Waals surface area contributed by atoms with Gasteiger partial charge in [-0.2, -0.15) is 0 Å². The lowest BCUT2D eigenvalue weighted by molar-refractivity contribution is 0.298. The molecule has 1 aromatic rings. The summed E-state index contributed by atoms with van der Waals surface area (Å²) in [6.45, 7) is 7.82. The molecule has 62 valence electrons. The van der Waals surface area contributed by atoms with Gasteiger partial charge in [0, 0.05) is 11.4 Å². The van der Waals surface area contributed by atoms with Crippen LogP contribution in [0.1, 0.15) is 18.7 Å². The summed E-state index contributed by atoms with van der Waals surface area (Å²) < 4.78 is 0. The summed E-state index contributed by atoms with van der Waals surface area (Å²) in [6.07, 6.45) is 0. The lowest BCUT2D eigenvalue weighted by atomic mass is 10.4. The number of rotatable bonds is 4. The lowest BCUT2D eigenvalue weighted by Gasteiger charge is -2.16. The number of hydrogen-bond donors (Lipinski definition) is 0. The Morgan fingerprint density at radius 3 is 2.55 bits per heavy atom. The highest BCUT2D eigenvalue weighted by Crippen LogP contribution is 2.10. The van der Waals surface area contributed by atoms with Gasteiger partial charge >= 0.3 is 0 Å². The van der Waals surface area contributed by atoms with Gasteiger partial charge in [-0.1, -0.05) is 19.9 Å². The molecular weight excluding hydrogens is 154 g/mol. The largest absolute Gasteiger partial charge is 0.299 e. The van der Waals surface area contributed by atoms with Gasteiger partial charge in [0.25, 0.3) is 0 Å². The molecule has 2 heteroatoms. The van der Waals surface area contributed by atoms with E-state index in [-0.39, 0.29) is 0 Å². The molecule has 0 radical (unpaired) electrons. The van der Waals surface area contributed by atoms with E-state index in [2.05, 4.69) is 36.3 Å². The minimum absolute atomic E-state index is 1.12. The summed E-state index contributed by atoms with van der Waals surface area (Å²) >= 11 is 1.84. The van der Waals surface area contributed by atoms with Crippen molar-refractivity contribution in [1.29, 1.82) is 0 Å². The Balaban J connectivity index is 2.41. The molecule has 0 amide bonds. The summed E-state index contributed by atoms with van der Waals surface area (Å²) in [4.78, 5) is 3.89. The lowest BCUT2D eigenvalue weighted by Crippen LogP contribution is -2.21. The Morgan fingerprint density at radius 1 is 1.36 bits per heavy atom. The summed E-state index contributed by atoms with van der Waals surface area (Å²) in [5.74, 6) is 0. The minimum atomic E-state index is 1.12. The van der Waals surface area contributed by atoms with Crippen molar-refractivity contribution in [2.45, 2.75) is 20.4 Å². The first-order valence-electron chi connectivity index (χ1n) is 4.11. The maximum absolute atomic E-state index is 2.42. The minimum Gasteiger partial charge on any atom is -0.299 e.